The van der Waals surface area contributed by atoms with E-state index in [1.165, 1.54) is 6.20 Å². The summed E-state index contributed by atoms with van der Waals surface area (Å²) >= 11 is 0. The molecule has 24 heavy (non-hydrogen) atoms. The fourth-order valence-electron chi connectivity index (χ4n) is 3.35. The van der Waals surface area contributed by atoms with Gasteiger partial charge in [0.1, 0.15) is 5.56 Å². The molecule has 1 saturated heterocycles. The highest BCUT2D eigenvalue weighted by molar-refractivity contribution is 5.93. The second kappa shape index (κ2) is 5.94. The average molecular weight is 329 g/mol. The Kier molecular flexibility index (Phi) is 4.09. The predicted molar refractivity (Wildman–Crippen MR) is 95.0 cm³/mol. The van der Waals surface area contributed by atoms with E-state index in [0.717, 1.165) is 25.2 Å². The van der Waals surface area contributed by atoms with Crippen LogP contribution in [0.5, 0.6) is 0 Å². The van der Waals surface area contributed by atoms with Gasteiger partial charge >= 0.3 is 5.97 Å². The molecule has 1 aromatic heterocycles. The van der Waals surface area contributed by atoms with Gasteiger partial charge in [0, 0.05) is 35.9 Å². The van der Waals surface area contributed by atoms with Crippen molar-refractivity contribution in [2.24, 2.45) is 5.92 Å². The predicted octanol–water partition coefficient (Wildman–Crippen LogP) is 2.05. The van der Waals surface area contributed by atoms with Gasteiger partial charge in [-0.2, -0.15) is 0 Å². The van der Waals surface area contributed by atoms with Crippen molar-refractivity contribution in [2.45, 2.75) is 25.8 Å². The van der Waals surface area contributed by atoms with Gasteiger partial charge in [-0.05, 0) is 51.4 Å². The number of rotatable bonds is 4. The van der Waals surface area contributed by atoms with Gasteiger partial charge in [0.05, 0.1) is 5.52 Å². The highest BCUT2D eigenvalue weighted by Gasteiger charge is 2.34. The van der Waals surface area contributed by atoms with Crippen LogP contribution in [0.4, 0.5) is 5.69 Å². The first-order valence-corrected chi connectivity index (χ1v) is 8.16. The lowest BCUT2D eigenvalue weighted by atomic mass is 9.87. The molecule has 0 aliphatic carbocycles. The molecule has 3 N–H and O–H groups in total. The first-order chi connectivity index (χ1) is 11.3. The molecular weight excluding hydrogens is 306 g/mol. The maximum Gasteiger partial charge on any atom is 0.341 e. The van der Waals surface area contributed by atoms with Crippen molar-refractivity contribution < 1.29 is 9.90 Å². The number of pyridine rings is 1. The van der Waals surface area contributed by atoms with Gasteiger partial charge in [0.15, 0.2) is 0 Å². The third-order valence-corrected chi connectivity index (χ3v) is 5.31. The highest BCUT2D eigenvalue weighted by Crippen LogP contribution is 2.31. The van der Waals surface area contributed by atoms with Crippen molar-refractivity contribution >= 4 is 22.6 Å². The summed E-state index contributed by atoms with van der Waals surface area (Å²) in [5.74, 6) is -0.662. The van der Waals surface area contributed by atoms with Crippen molar-refractivity contribution in [1.82, 2.24) is 10.3 Å². The molecule has 0 bridgehead atoms. The molecule has 0 radical (unpaired) electrons. The lowest BCUT2D eigenvalue weighted by Gasteiger charge is -2.31. The summed E-state index contributed by atoms with van der Waals surface area (Å²) in [7, 11) is 1.99. The number of hydrogen-bond acceptors (Lipinski definition) is 4. The summed E-state index contributed by atoms with van der Waals surface area (Å²) in [5, 5.41) is 12.8. The van der Waals surface area contributed by atoms with Crippen molar-refractivity contribution in [3.63, 3.8) is 0 Å². The van der Waals surface area contributed by atoms with E-state index in [0.29, 0.717) is 16.8 Å². The molecule has 2 heterocycles. The number of fused-ring (bicyclic) bond motifs is 1. The van der Waals surface area contributed by atoms with Gasteiger partial charge in [-0.1, -0.05) is 0 Å². The number of aromatic amines is 1. The number of benzene rings is 1. The van der Waals surface area contributed by atoms with E-state index in [-0.39, 0.29) is 11.1 Å². The lowest BCUT2D eigenvalue weighted by Crippen LogP contribution is -2.45. The minimum Gasteiger partial charge on any atom is -0.477 e. The van der Waals surface area contributed by atoms with Crippen molar-refractivity contribution in [3.05, 3.63) is 40.2 Å². The Morgan fingerprint density at radius 3 is 2.83 bits per heavy atom. The molecule has 1 atom stereocenters. The molecule has 6 nitrogen and oxygen atoms in total. The standard InChI is InChI=1S/C18H23N3O3/c1-18(2,19-3)11-6-7-21(10-11)12-4-5-13-15(8-12)20-9-14(16(13)22)17(23)24/h4-5,8-9,11,19H,6-7,10H2,1-3H3,(H,20,22)(H,23,24)/t11-/m0/s1. The van der Waals surface area contributed by atoms with Crippen LogP contribution in [-0.4, -0.2) is 41.7 Å². The molecule has 2 aromatic rings. The zero-order valence-electron chi connectivity index (χ0n) is 14.2. The average Bonchev–Trinajstić information content (AvgIpc) is 3.05. The number of aromatic nitrogens is 1. The molecule has 1 aliphatic rings. The quantitative estimate of drug-likeness (QED) is 0.799. The number of nitrogens with zero attached hydrogens (tertiary/aromatic N) is 1. The first-order valence-electron chi connectivity index (χ1n) is 8.16. The molecule has 1 aliphatic heterocycles. The number of anilines is 1. The number of H-pyrrole nitrogens is 1. The SMILES string of the molecule is CNC(C)(C)[C@H]1CCN(c2ccc3c(=O)c(C(=O)O)c[nH]c3c2)C1. The zero-order valence-corrected chi connectivity index (χ0v) is 14.2. The highest BCUT2D eigenvalue weighted by atomic mass is 16.4. The Morgan fingerprint density at radius 2 is 2.17 bits per heavy atom. The number of hydrogen-bond donors (Lipinski definition) is 3. The molecule has 1 fully saturated rings. The van der Waals surface area contributed by atoms with E-state index >= 15 is 0 Å². The summed E-state index contributed by atoms with van der Waals surface area (Å²) in [6.07, 6.45) is 2.38. The molecule has 128 valence electrons. The smallest absolute Gasteiger partial charge is 0.341 e. The second-order valence-corrected chi connectivity index (χ2v) is 6.97. The van der Waals surface area contributed by atoms with Gasteiger partial charge < -0.3 is 20.3 Å². The molecule has 0 unspecified atom stereocenters. The topological polar surface area (TPSA) is 85.4 Å². The molecule has 1 aromatic carbocycles. The monoisotopic (exact) mass is 329 g/mol. The maximum absolute atomic E-state index is 12.2. The van der Waals surface area contributed by atoms with Crippen LogP contribution in [-0.2, 0) is 0 Å². The van der Waals surface area contributed by atoms with Crippen LogP contribution < -0.4 is 15.6 Å². The van der Waals surface area contributed by atoms with Crippen LogP contribution in [0.2, 0.25) is 0 Å². The lowest BCUT2D eigenvalue weighted by molar-refractivity contribution is 0.0695. The Bertz CT molecular complexity index is 841. The third kappa shape index (κ3) is 2.78. The number of carboxylic acid groups (broad SMARTS) is 1. The van der Waals surface area contributed by atoms with Crippen LogP contribution in [0.3, 0.4) is 0 Å². The van der Waals surface area contributed by atoms with E-state index < -0.39 is 11.4 Å². The summed E-state index contributed by atoms with van der Waals surface area (Å²) < 4.78 is 0. The molecular formula is C18H23N3O3. The van der Waals surface area contributed by atoms with Gasteiger partial charge in [0.25, 0.3) is 0 Å². The van der Waals surface area contributed by atoms with Crippen LogP contribution in [0, 0.1) is 5.92 Å². The maximum atomic E-state index is 12.2. The summed E-state index contributed by atoms with van der Waals surface area (Å²) in [6.45, 7) is 6.36. The van der Waals surface area contributed by atoms with E-state index in [9.17, 15) is 9.59 Å². The minimum atomic E-state index is -1.21. The molecule has 0 saturated carbocycles. The number of carboxylic acids is 1. The fraction of sp³-hybridized carbons (Fsp3) is 0.444. The minimum absolute atomic E-state index is 0.0797. The van der Waals surface area contributed by atoms with Gasteiger partial charge in [-0.3, -0.25) is 4.79 Å². The van der Waals surface area contributed by atoms with Gasteiger partial charge in [-0.25, -0.2) is 4.79 Å². The molecule has 6 heteroatoms. The van der Waals surface area contributed by atoms with E-state index in [2.05, 4.69) is 29.0 Å². The summed E-state index contributed by atoms with van der Waals surface area (Å²) in [5.41, 5.74) is 1.12. The molecule has 3 rings (SSSR count). The van der Waals surface area contributed by atoms with Crippen LogP contribution in [0.1, 0.15) is 30.6 Å². The van der Waals surface area contributed by atoms with Crippen LogP contribution >= 0.6 is 0 Å². The summed E-state index contributed by atoms with van der Waals surface area (Å²) in [4.78, 5) is 28.5. The number of carbonyl (C=O) groups is 1. The van der Waals surface area contributed by atoms with E-state index in [4.69, 9.17) is 5.11 Å². The fourth-order valence-corrected chi connectivity index (χ4v) is 3.35. The Labute approximate surface area is 140 Å². The largest absolute Gasteiger partial charge is 0.477 e. The third-order valence-electron chi connectivity index (χ3n) is 5.31. The van der Waals surface area contributed by atoms with Crippen LogP contribution in [0.25, 0.3) is 10.9 Å². The Hall–Kier alpha value is -2.34. The second-order valence-electron chi connectivity index (χ2n) is 6.97. The van der Waals surface area contributed by atoms with E-state index in [1.54, 1.807) is 6.07 Å². The van der Waals surface area contributed by atoms with E-state index in [1.807, 2.05) is 19.2 Å². The Morgan fingerprint density at radius 1 is 1.42 bits per heavy atom. The van der Waals surface area contributed by atoms with Crippen molar-refractivity contribution in [1.29, 1.82) is 0 Å². The van der Waals surface area contributed by atoms with Crippen LogP contribution in [0.15, 0.2) is 29.2 Å². The normalized spacial score (nSPS) is 18.3. The van der Waals surface area contributed by atoms with Gasteiger partial charge in [-0.15, -0.1) is 0 Å². The first kappa shape index (κ1) is 16.5. The number of aromatic carboxylic acids is 1. The number of nitrogens with one attached hydrogen (secondary N) is 2. The zero-order chi connectivity index (χ0) is 17.5. The van der Waals surface area contributed by atoms with Crippen molar-refractivity contribution in [3.8, 4) is 0 Å². The summed E-state index contributed by atoms with van der Waals surface area (Å²) in [6, 6.07) is 5.54. The van der Waals surface area contributed by atoms with Crippen molar-refractivity contribution in [2.75, 3.05) is 25.0 Å². The molecule has 0 spiro atoms. The van der Waals surface area contributed by atoms with Gasteiger partial charge in [0.2, 0.25) is 5.43 Å². The Balaban J connectivity index is 1.91. The molecule has 0 amide bonds.